The first-order chi connectivity index (χ1) is 17.8. The number of carbonyl (C=O) groups is 1. The van der Waals surface area contributed by atoms with Crippen molar-refractivity contribution in [1.82, 2.24) is 29.5 Å². The molecule has 1 fully saturated rings. The maximum Gasteiger partial charge on any atom is 0.201 e. The Balaban J connectivity index is 1.45. The molecular formula is C26H23FN6O3S. The quantitative estimate of drug-likeness (QED) is 0.372. The van der Waals surface area contributed by atoms with Crippen LogP contribution in [-0.2, 0) is 23.3 Å². The molecule has 9 nitrogen and oxygen atoms in total. The van der Waals surface area contributed by atoms with Gasteiger partial charge in [-0.2, -0.15) is 9.90 Å². The maximum atomic E-state index is 14.1. The van der Waals surface area contributed by atoms with Crippen molar-refractivity contribution < 1.29 is 17.6 Å². The molecule has 0 N–H and O–H groups in total. The van der Waals surface area contributed by atoms with Crippen molar-refractivity contribution in [3.8, 4) is 5.69 Å². The number of allylic oxidation sites excluding steroid dienone is 1. The third-order valence-electron chi connectivity index (χ3n) is 7.34. The molecular weight excluding hydrogens is 495 g/mol. The van der Waals surface area contributed by atoms with E-state index in [0.717, 1.165) is 17.0 Å². The van der Waals surface area contributed by atoms with E-state index >= 15 is 0 Å². The fourth-order valence-electron chi connectivity index (χ4n) is 5.47. The molecule has 37 heavy (non-hydrogen) atoms. The number of benzene rings is 1. The highest BCUT2D eigenvalue weighted by molar-refractivity contribution is 7.92. The van der Waals surface area contributed by atoms with Crippen LogP contribution in [0.1, 0.15) is 41.1 Å². The lowest BCUT2D eigenvalue weighted by molar-refractivity contribution is 0.0795. The van der Waals surface area contributed by atoms with Crippen LogP contribution >= 0.6 is 0 Å². The van der Waals surface area contributed by atoms with Crippen molar-refractivity contribution in [2.75, 3.05) is 0 Å². The summed E-state index contributed by atoms with van der Waals surface area (Å²) in [4.78, 5) is 24.2. The highest BCUT2D eigenvalue weighted by atomic mass is 32.2. The lowest BCUT2D eigenvalue weighted by Crippen LogP contribution is -2.46. The van der Waals surface area contributed by atoms with Gasteiger partial charge in [-0.1, -0.05) is 11.6 Å². The van der Waals surface area contributed by atoms with Gasteiger partial charge in [-0.25, -0.2) is 17.8 Å². The summed E-state index contributed by atoms with van der Waals surface area (Å²) in [5.74, 6) is -0.556. The van der Waals surface area contributed by atoms with Crippen LogP contribution in [0.4, 0.5) is 4.39 Å². The van der Waals surface area contributed by atoms with E-state index in [4.69, 9.17) is 0 Å². The molecule has 3 aromatic heterocycles. The molecule has 0 saturated heterocycles. The zero-order chi connectivity index (χ0) is 25.8. The second-order valence-electron chi connectivity index (χ2n) is 9.48. The third kappa shape index (κ3) is 3.81. The predicted octanol–water partition coefficient (Wildman–Crippen LogP) is 3.37. The van der Waals surface area contributed by atoms with E-state index in [2.05, 4.69) is 20.2 Å². The number of hydrogen-bond acceptors (Lipinski definition) is 7. The van der Waals surface area contributed by atoms with Gasteiger partial charge < -0.3 is 0 Å². The van der Waals surface area contributed by atoms with Gasteiger partial charge in [-0.05, 0) is 61.7 Å². The fourth-order valence-corrected chi connectivity index (χ4v) is 7.17. The number of halogens is 1. The molecule has 0 aliphatic heterocycles. The number of nitrogens with zero attached hydrogens (tertiary/aromatic N) is 6. The summed E-state index contributed by atoms with van der Waals surface area (Å²) in [7, 11) is -2.26. The molecule has 6 rings (SSSR count). The van der Waals surface area contributed by atoms with Crippen molar-refractivity contribution in [2.45, 2.75) is 36.0 Å². The largest absolute Gasteiger partial charge is 0.299 e. The Morgan fingerprint density at radius 1 is 1.14 bits per heavy atom. The van der Waals surface area contributed by atoms with Crippen molar-refractivity contribution in [3.05, 3.63) is 89.7 Å². The smallest absolute Gasteiger partial charge is 0.201 e. The minimum atomic E-state index is -3.82. The molecule has 0 amide bonds. The molecule has 2 atom stereocenters. The average Bonchev–Trinajstić information content (AvgIpc) is 3.53. The first-order valence-electron chi connectivity index (χ1n) is 11.9. The molecule has 1 saturated carbocycles. The monoisotopic (exact) mass is 518 g/mol. The number of pyridine rings is 1. The summed E-state index contributed by atoms with van der Waals surface area (Å²) in [6, 6.07) is 11.2. The van der Waals surface area contributed by atoms with Gasteiger partial charge in [0.25, 0.3) is 0 Å². The Hall–Kier alpha value is -3.99. The van der Waals surface area contributed by atoms with Gasteiger partial charge in [0.05, 0.1) is 34.6 Å². The summed E-state index contributed by atoms with van der Waals surface area (Å²) in [5, 5.41) is 7.05. The Morgan fingerprint density at radius 3 is 2.65 bits per heavy atom. The van der Waals surface area contributed by atoms with Crippen molar-refractivity contribution >= 4 is 21.7 Å². The van der Waals surface area contributed by atoms with Crippen LogP contribution in [0.5, 0.6) is 0 Å². The summed E-state index contributed by atoms with van der Waals surface area (Å²) in [6.07, 6.45) is 7.50. The topological polar surface area (TPSA) is 113 Å². The Kier molecular flexibility index (Phi) is 5.41. The Bertz CT molecular complexity index is 1640. The average molecular weight is 519 g/mol. The predicted molar refractivity (Wildman–Crippen MR) is 132 cm³/mol. The third-order valence-corrected chi connectivity index (χ3v) is 9.39. The standard InChI is InChI=1S/C26H23FN6O3S/c1-32-30-15-24(31-32)37(35,36)20-10-5-17-12-23-22(29-16-33(23)19-8-6-18(27)7-9-19)14-26(17,13-20)25(34)21-4-2-3-11-28-21/h2-4,6-9,11-12,15-16,20H,5,10,13-14H2,1H3/t20-,26+/m0/s1. The molecule has 2 aliphatic carbocycles. The lowest BCUT2D eigenvalue weighted by atomic mass is 9.62. The Labute approximate surface area is 212 Å². The van der Waals surface area contributed by atoms with E-state index in [9.17, 15) is 17.6 Å². The zero-order valence-corrected chi connectivity index (χ0v) is 20.8. The summed E-state index contributed by atoms with van der Waals surface area (Å²) in [6.45, 7) is 0. The lowest BCUT2D eigenvalue weighted by Gasteiger charge is -2.43. The van der Waals surface area contributed by atoms with Gasteiger partial charge in [-0.15, -0.1) is 5.10 Å². The van der Waals surface area contributed by atoms with Crippen molar-refractivity contribution in [1.29, 1.82) is 0 Å². The second-order valence-corrected chi connectivity index (χ2v) is 11.7. The van der Waals surface area contributed by atoms with E-state index in [0.29, 0.717) is 18.5 Å². The molecule has 3 heterocycles. The van der Waals surface area contributed by atoms with Crippen LogP contribution in [0.25, 0.3) is 11.8 Å². The molecule has 188 valence electrons. The van der Waals surface area contributed by atoms with E-state index in [-0.39, 0.29) is 35.2 Å². The van der Waals surface area contributed by atoms with Crippen LogP contribution in [0, 0.1) is 11.2 Å². The molecule has 1 aromatic carbocycles. The first kappa shape index (κ1) is 23.4. The van der Waals surface area contributed by atoms with E-state index in [1.165, 1.54) is 23.1 Å². The van der Waals surface area contributed by atoms with Crippen molar-refractivity contribution in [2.24, 2.45) is 12.5 Å². The van der Waals surface area contributed by atoms with Gasteiger partial charge in [0, 0.05) is 25.4 Å². The molecule has 0 radical (unpaired) electrons. The minimum Gasteiger partial charge on any atom is -0.299 e. The van der Waals surface area contributed by atoms with E-state index < -0.39 is 20.5 Å². The number of carbonyl (C=O) groups excluding carboxylic acids is 1. The number of ketones is 1. The van der Waals surface area contributed by atoms with Crippen LogP contribution in [0.3, 0.4) is 0 Å². The molecule has 0 bridgehead atoms. The second kappa shape index (κ2) is 8.55. The highest BCUT2D eigenvalue weighted by Crippen LogP contribution is 2.51. The van der Waals surface area contributed by atoms with Crippen LogP contribution in [0.15, 0.2) is 71.8 Å². The number of Topliss-reactive ketones (excluding diaryl/α,β-unsaturated/α-hetero) is 1. The normalized spacial score (nSPS) is 21.1. The van der Waals surface area contributed by atoms with Gasteiger partial charge in [0.1, 0.15) is 11.5 Å². The molecule has 11 heteroatoms. The number of aromatic nitrogens is 6. The van der Waals surface area contributed by atoms with Crippen molar-refractivity contribution in [3.63, 3.8) is 0 Å². The number of fused-ring (bicyclic) bond motifs is 2. The van der Waals surface area contributed by atoms with Gasteiger partial charge in [0.2, 0.25) is 9.84 Å². The number of rotatable bonds is 5. The van der Waals surface area contributed by atoms with Gasteiger partial charge >= 0.3 is 0 Å². The first-order valence-corrected chi connectivity index (χ1v) is 13.4. The maximum absolute atomic E-state index is 14.1. The SMILES string of the molecule is Cn1ncc(S(=O)(=O)[C@H]2CCC3=Cc4c(ncn4-c4ccc(F)cc4)C[C@]3(C(=O)c3ccccn3)C2)n1. The number of aryl methyl sites for hydroxylation is 1. The number of imidazole rings is 1. The minimum absolute atomic E-state index is 0.0926. The molecule has 4 aromatic rings. The van der Waals surface area contributed by atoms with E-state index in [1.54, 1.807) is 49.9 Å². The summed E-state index contributed by atoms with van der Waals surface area (Å²) >= 11 is 0. The van der Waals surface area contributed by atoms with Crippen LogP contribution < -0.4 is 0 Å². The summed E-state index contributed by atoms with van der Waals surface area (Å²) < 4.78 is 42.4. The molecule has 0 unspecified atom stereocenters. The van der Waals surface area contributed by atoms with Gasteiger partial charge in [-0.3, -0.25) is 14.3 Å². The Morgan fingerprint density at radius 2 is 1.95 bits per heavy atom. The molecule has 0 spiro atoms. The van der Waals surface area contributed by atoms with E-state index in [1.807, 2.05) is 10.6 Å². The highest BCUT2D eigenvalue weighted by Gasteiger charge is 2.52. The van der Waals surface area contributed by atoms with Crippen LogP contribution in [0.2, 0.25) is 0 Å². The van der Waals surface area contributed by atoms with Crippen LogP contribution in [-0.4, -0.2) is 49.0 Å². The number of hydrogen-bond donors (Lipinski definition) is 0. The van der Waals surface area contributed by atoms with Gasteiger partial charge in [0.15, 0.2) is 10.8 Å². The molecule has 2 aliphatic rings. The summed E-state index contributed by atoms with van der Waals surface area (Å²) in [5.41, 5.74) is 2.25. The zero-order valence-electron chi connectivity index (χ0n) is 20.0. The number of sulfone groups is 1. The fraction of sp³-hybridized carbons (Fsp3) is 0.269.